The van der Waals surface area contributed by atoms with E-state index in [1.165, 1.54) is 12.2 Å². The summed E-state index contributed by atoms with van der Waals surface area (Å²) in [5.41, 5.74) is -0.0539. The van der Waals surface area contributed by atoms with Crippen molar-refractivity contribution in [2.24, 2.45) is 4.99 Å². The second-order valence-corrected chi connectivity index (χ2v) is 5.86. The smallest absolute Gasteiger partial charge is 0.191 e. The lowest BCUT2D eigenvalue weighted by Gasteiger charge is -2.21. The molecule has 0 aromatic rings. The summed E-state index contributed by atoms with van der Waals surface area (Å²) in [5, 5.41) is 6.64. The molecule has 1 heterocycles. The molecule has 0 radical (unpaired) electrons. The first kappa shape index (κ1) is 15.6. The molecule has 0 aliphatic carbocycles. The van der Waals surface area contributed by atoms with Gasteiger partial charge in [-0.3, -0.25) is 4.99 Å². The third kappa shape index (κ3) is 5.96. The lowest BCUT2D eigenvalue weighted by Crippen LogP contribution is -2.39. The van der Waals surface area contributed by atoms with Gasteiger partial charge in [0, 0.05) is 19.7 Å². The van der Waals surface area contributed by atoms with E-state index in [-0.39, 0.29) is 5.60 Å². The SMILES string of the molecule is CCNC(=NCC1(C)CCCO1)NCCCSC. The van der Waals surface area contributed by atoms with Crippen LogP contribution >= 0.6 is 11.8 Å². The third-order valence-corrected chi connectivity index (χ3v) is 3.73. The van der Waals surface area contributed by atoms with Crippen molar-refractivity contribution in [1.82, 2.24) is 10.6 Å². The molecule has 0 spiro atoms. The normalized spacial score (nSPS) is 24.3. The van der Waals surface area contributed by atoms with Crippen LogP contribution in [0.25, 0.3) is 0 Å². The standard InChI is InChI=1S/C13H27N3OS/c1-4-14-12(15-8-6-10-18-3)16-11-13(2)7-5-9-17-13/h4-11H2,1-3H3,(H2,14,15,16). The molecule has 2 N–H and O–H groups in total. The molecule has 18 heavy (non-hydrogen) atoms. The minimum absolute atomic E-state index is 0.0539. The van der Waals surface area contributed by atoms with Crippen molar-refractivity contribution in [1.29, 1.82) is 0 Å². The molecule has 1 saturated heterocycles. The van der Waals surface area contributed by atoms with E-state index in [0.717, 1.165) is 45.0 Å². The predicted molar refractivity (Wildman–Crippen MR) is 80.6 cm³/mol. The van der Waals surface area contributed by atoms with E-state index in [9.17, 15) is 0 Å². The molecule has 0 aromatic heterocycles. The fraction of sp³-hybridized carbons (Fsp3) is 0.923. The second-order valence-electron chi connectivity index (χ2n) is 4.87. The van der Waals surface area contributed by atoms with Gasteiger partial charge >= 0.3 is 0 Å². The number of rotatable bonds is 7. The van der Waals surface area contributed by atoms with E-state index < -0.39 is 0 Å². The molecule has 1 aliphatic heterocycles. The molecule has 4 nitrogen and oxygen atoms in total. The Balaban J connectivity index is 2.34. The van der Waals surface area contributed by atoms with E-state index in [2.05, 4.69) is 35.7 Å². The Kier molecular flexibility index (Phi) is 7.51. The maximum atomic E-state index is 5.75. The first-order valence-corrected chi connectivity index (χ1v) is 8.24. The van der Waals surface area contributed by atoms with Gasteiger partial charge in [0.25, 0.3) is 0 Å². The molecule has 1 rings (SSSR count). The van der Waals surface area contributed by atoms with Crippen LogP contribution in [0.3, 0.4) is 0 Å². The molecule has 0 bridgehead atoms. The molecule has 1 unspecified atom stereocenters. The van der Waals surface area contributed by atoms with Crippen molar-refractivity contribution < 1.29 is 4.74 Å². The van der Waals surface area contributed by atoms with E-state index >= 15 is 0 Å². The van der Waals surface area contributed by atoms with Crippen LogP contribution in [-0.2, 0) is 4.74 Å². The highest BCUT2D eigenvalue weighted by atomic mass is 32.2. The zero-order valence-corrected chi connectivity index (χ0v) is 12.7. The number of ether oxygens (including phenoxy) is 1. The van der Waals surface area contributed by atoms with Crippen molar-refractivity contribution in [3.63, 3.8) is 0 Å². The Hall–Kier alpha value is -0.420. The average Bonchev–Trinajstić information content (AvgIpc) is 2.79. The summed E-state index contributed by atoms with van der Waals surface area (Å²) >= 11 is 1.88. The molecule has 106 valence electrons. The Morgan fingerprint density at radius 2 is 2.28 bits per heavy atom. The summed E-state index contributed by atoms with van der Waals surface area (Å²) in [4.78, 5) is 4.63. The first-order chi connectivity index (χ1) is 8.70. The van der Waals surface area contributed by atoms with Crippen LogP contribution in [0.1, 0.15) is 33.1 Å². The Morgan fingerprint density at radius 1 is 1.44 bits per heavy atom. The highest BCUT2D eigenvalue weighted by Gasteiger charge is 2.29. The van der Waals surface area contributed by atoms with E-state index in [1.54, 1.807) is 0 Å². The van der Waals surface area contributed by atoms with Crippen molar-refractivity contribution in [3.8, 4) is 0 Å². The van der Waals surface area contributed by atoms with Gasteiger partial charge in [0.2, 0.25) is 0 Å². The van der Waals surface area contributed by atoms with E-state index in [4.69, 9.17) is 4.74 Å². The quantitative estimate of drug-likeness (QED) is 0.422. The maximum absolute atomic E-state index is 5.75. The number of guanidine groups is 1. The molecule has 1 aliphatic rings. The zero-order chi connectivity index (χ0) is 13.3. The highest BCUT2D eigenvalue weighted by molar-refractivity contribution is 7.98. The maximum Gasteiger partial charge on any atom is 0.191 e. The Bertz CT molecular complexity index is 253. The van der Waals surface area contributed by atoms with Crippen LogP contribution in [0.5, 0.6) is 0 Å². The molecule has 5 heteroatoms. The summed E-state index contributed by atoms with van der Waals surface area (Å²) in [5.74, 6) is 2.10. The minimum Gasteiger partial charge on any atom is -0.373 e. The summed E-state index contributed by atoms with van der Waals surface area (Å²) in [6, 6.07) is 0. The van der Waals surface area contributed by atoms with Gasteiger partial charge in [-0.15, -0.1) is 0 Å². The predicted octanol–water partition coefficient (Wildman–Crippen LogP) is 1.86. The van der Waals surface area contributed by atoms with Crippen LogP contribution in [0.15, 0.2) is 4.99 Å². The van der Waals surface area contributed by atoms with Crippen molar-refractivity contribution in [2.75, 3.05) is 38.2 Å². The van der Waals surface area contributed by atoms with Gasteiger partial charge in [0.05, 0.1) is 12.1 Å². The largest absolute Gasteiger partial charge is 0.373 e. The molecular weight excluding hydrogens is 246 g/mol. The average molecular weight is 273 g/mol. The van der Waals surface area contributed by atoms with Crippen LogP contribution < -0.4 is 10.6 Å². The van der Waals surface area contributed by atoms with Crippen LogP contribution in [-0.4, -0.2) is 49.8 Å². The molecular formula is C13H27N3OS. The van der Waals surface area contributed by atoms with Gasteiger partial charge in [-0.25, -0.2) is 0 Å². The second kappa shape index (κ2) is 8.64. The van der Waals surface area contributed by atoms with Gasteiger partial charge in [-0.2, -0.15) is 11.8 Å². The molecule has 0 amide bonds. The zero-order valence-electron chi connectivity index (χ0n) is 11.9. The Labute approximate surface area is 115 Å². The third-order valence-electron chi connectivity index (χ3n) is 3.03. The van der Waals surface area contributed by atoms with E-state index in [0.29, 0.717) is 0 Å². The number of hydrogen-bond acceptors (Lipinski definition) is 3. The summed E-state index contributed by atoms with van der Waals surface area (Å²) in [6.07, 6.45) is 5.57. The lowest BCUT2D eigenvalue weighted by molar-refractivity contribution is 0.0283. The summed E-state index contributed by atoms with van der Waals surface area (Å²) in [7, 11) is 0. The van der Waals surface area contributed by atoms with Crippen LogP contribution in [0.4, 0.5) is 0 Å². The highest BCUT2D eigenvalue weighted by Crippen LogP contribution is 2.24. The lowest BCUT2D eigenvalue weighted by atomic mass is 10.0. The van der Waals surface area contributed by atoms with Crippen LogP contribution in [0, 0.1) is 0 Å². The van der Waals surface area contributed by atoms with Gasteiger partial charge in [-0.1, -0.05) is 0 Å². The van der Waals surface area contributed by atoms with Gasteiger partial charge < -0.3 is 15.4 Å². The van der Waals surface area contributed by atoms with E-state index in [1.807, 2.05) is 11.8 Å². The van der Waals surface area contributed by atoms with Crippen molar-refractivity contribution in [3.05, 3.63) is 0 Å². The molecule has 1 fully saturated rings. The summed E-state index contributed by atoms with van der Waals surface area (Å²) in [6.45, 7) is 7.73. The topological polar surface area (TPSA) is 45.7 Å². The fourth-order valence-corrected chi connectivity index (χ4v) is 2.41. The summed E-state index contributed by atoms with van der Waals surface area (Å²) < 4.78 is 5.75. The van der Waals surface area contributed by atoms with Crippen molar-refractivity contribution in [2.45, 2.75) is 38.7 Å². The van der Waals surface area contributed by atoms with Gasteiger partial charge in [-0.05, 0) is 45.1 Å². The number of hydrogen-bond donors (Lipinski definition) is 2. The number of aliphatic imine (C=N–C) groups is 1. The van der Waals surface area contributed by atoms with Gasteiger partial charge in [0.1, 0.15) is 0 Å². The Morgan fingerprint density at radius 3 is 2.89 bits per heavy atom. The molecule has 1 atom stereocenters. The number of nitrogens with one attached hydrogen (secondary N) is 2. The monoisotopic (exact) mass is 273 g/mol. The van der Waals surface area contributed by atoms with Gasteiger partial charge in [0.15, 0.2) is 5.96 Å². The van der Waals surface area contributed by atoms with Crippen molar-refractivity contribution >= 4 is 17.7 Å². The number of nitrogens with zero attached hydrogens (tertiary/aromatic N) is 1. The molecule has 0 saturated carbocycles. The van der Waals surface area contributed by atoms with Crippen LogP contribution in [0.2, 0.25) is 0 Å². The minimum atomic E-state index is -0.0539. The first-order valence-electron chi connectivity index (χ1n) is 6.85. The number of thioether (sulfide) groups is 1. The fourth-order valence-electron chi connectivity index (χ4n) is 1.97. The molecule has 0 aromatic carbocycles.